The molecule has 0 spiro atoms. The van der Waals surface area contributed by atoms with Crippen LogP contribution in [0, 0.1) is 0 Å². The lowest BCUT2D eigenvalue weighted by molar-refractivity contribution is -0.136. The largest absolute Gasteiger partial charge is 0.457 e. The van der Waals surface area contributed by atoms with Crippen LogP contribution >= 0.6 is 11.8 Å². The molecule has 4 aliphatic rings. The summed E-state index contributed by atoms with van der Waals surface area (Å²) in [6.07, 6.45) is 6.37. The number of ether oxygens (including phenoxy) is 1. The van der Waals surface area contributed by atoms with Gasteiger partial charge in [0.15, 0.2) is 5.65 Å². The van der Waals surface area contributed by atoms with Crippen molar-refractivity contribution in [3.63, 3.8) is 0 Å². The Balaban J connectivity index is 0.755. The predicted molar refractivity (Wildman–Crippen MR) is 214 cm³/mol. The van der Waals surface area contributed by atoms with Gasteiger partial charge >= 0.3 is 0 Å². The standard InChI is InChI=1S/C42H45N9O4S/c43-39-37-38(27-6-8-31(9-7-27)55-30-4-2-1-3-5-30)47-51(40(37)45-26-44-39)29-14-18-48(19-15-29)22-23-49-20-16-32(17-21-49)56-33-10-11-34-28(24-33)25-50(42(34)54)35-12-13-36(52)46-41(35)53/h1-11,24,26,29,32,35H,12-23,25H2,(H2,43,44,45)(H,46,52,53). The smallest absolute Gasteiger partial charge is 0.255 e. The van der Waals surface area contributed by atoms with E-state index in [-0.39, 0.29) is 30.2 Å². The van der Waals surface area contributed by atoms with Crippen molar-refractivity contribution in [2.45, 2.75) is 67.3 Å². The maximum Gasteiger partial charge on any atom is 0.255 e. The van der Waals surface area contributed by atoms with Crippen LogP contribution in [0.3, 0.4) is 0 Å². The lowest BCUT2D eigenvalue weighted by Gasteiger charge is -2.36. The molecule has 4 aliphatic heterocycles. The highest BCUT2D eigenvalue weighted by atomic mass is 32.2. The summed E-state index contributed by atoms with van der Waals surface area (Å²) in [4.78, 5) is 54.1. The Kier molecular flexibility index (Phi) is 10.2. The predicted octanol–water partition coefficient (Wildman–Crippen LogP) is 5.52. The topological polar surface area (TPSA) is 152 Å². The first-order valence-corrected chi connectivity index (χ1v) is 20.5. The summed E-state index contributed by atoms with van der Waals surface area (Å²) >= 11 is 1.90. The summed E-state index contributed by atoms with van der Waals surface area (Å²) in [5.74, 6) is 1.20. The van der Waals surface area contributed by atoms with Gasteiger partial charge in [0.05, 0.1) is 11.4 Å². The summed E-state index contributed by atoms with van der Waals surface area (Å²) < 4.78 is 8.08. The Morgan fingerprint density at radius 1 is 0.821 bits per heavy atom. The zero-order valence-corrected chi connectivity index (χ0v) is 32.0. The van der Waals surface area contributed by atoms with E-state index in [4.69, 9.17) is 15.6 Å². The first-order valence-electron chi connectivity index (χ1n) is 19.6. The highest BCUT2D eigenvalue weighted by molar-refractivity contribution is 8.00. The lowest BCUT2D eigenvalue weighted by Crippen LogP contribution is -2.52. The van der Waals surface area contributed by atoms with Crippen LogP contribution in [0.4, 0.5) is 5.82 Å². The van der Waals surface area contributed by atoms with Gasteiger partial charge in [0.1, 0.15) is 35.4 Å². The molecule has 2 aromatic heterocycles. The number of amides is 3. The number of nitrogens with two attached hydrogens (primary N) is 1. The van der Waals surface area contributed by atoms with Crippen molar-refractivity contribution in [3.8, 4) is 22.8 Å². The summed E-state index contributed by atoms with van der Waals surface area (Å²) in [5.41, 5.74) is 10.6. The Morgan fingerprint density at radius 2 is 1.54 bits per heavy atom. The van der Waals surface area contributed by atoms with Crippen LogP contribution in [-0.4, -0.2) is 103 Å². The number of carbonyl (C=O) groups excluding carboxylic acids is 3. The molecule has 56 heavy (non-hydrogen) atoms. The van der Waals surface area contributed by atoms with Crippen molar-refractivity contribution in [1.82, 2.24) is 39.8 Å². The van der Waals surface area contributed by atoms with Gasteiger partial charge in [-0.25, -0.2) is 14.6 Å². The third-order valence-electron chi connectivity index (χ3n) is 11.6. The highest BCUT2D eigenvalue weighted by Crippen LogP contribution is 2.37. The monoisotopic (exact) mass is 771 g/mol. The second-order valence-electron chi connectivity index (χ2n) is 15.1. The number of rotatable bonds is 10. The van der Waals surface area contributed by atoms with E-state index in [2.05, 4.69) is 35.8 Å². The molecule has 0 radical (unpaired) electrons. The molecule has 6 heterocycles. The van der Waals surface area contributed by atoms with Crippen molar-refractivity contribution in [2.24, 2.45) is 0 Å². The third kappa shape index (κ3) is 7.48. The summed E-state index contributed by atoms with van der Waals surface area (Å²) in [5, 5.41) is 8.80. The van der Waals surface area contributed by atoms with E-state index < -0.39 is 6.04 Å². The molecule has 3 aromatic carbocycles. The summed E-state index contributed by atoms with van der Waals surface area (Å²) in [6.45, 7) is 6.66. The first-order chi connectivity index (χ1) is 27.4. The van der Waals surface area contributed by atoms with Gasteiger partial charge in [-0.2, -0.15) is 5.10 Å². The Labute approximate surface area is 329 Å². The molecule has 1 atom stereocenters. The molecule has 13 nitrogen and oxygen atoms in total. The second-order valence-corrected chi connectivity index (χ2v) is 16.5. The van der Waals surface area contributed by atoms with Crippen LogP contribution in [0.5, 0.6) is 11.5 Å². The maximum absolute atomic E-state index is 13.1. The number of nitrogen functional groups attached to an aromatic ring is 1. The zero-order chi connectivity index (χ0) is 38.2. The van der Waals surface area contributed by atoms with E-state index >= 15 is 0 Å². The molecule has 14 heteroatoms. The molecule has 288 valence electrons. The molecule has 0 bridgehead atoms. The number of para-hydroxylation sites is 1. The second kappa shape index (κ2) is 15.7. The molecular formula is C42H45N9O4S. The Morgan fingerprint density at radius 3 is 2.27 bits per heavy atom. The van der Waals surface area contributed by atoms with Gasteiger partial charge in [0, 0.05) is 60.4 Å². The first kappa shape index (κ1) is 36.3. The van der Waals surface area contributed by atoms with Gasteiger partial charge in [-0.15, -0.1) is 11.8 Å². The van der Waals surface area contributed by atoms with Crippen LogP contribution in [0.15, 0.2) is 84.0 Å². The molecular weight excluding hydrogens is 727 g/mol. The van der Waals surface area contributed by atoms with Gasteiger partial charge in [0.25, 0.3) is 5.91 Å². The Bertz CT molecular complexity index is 2250. The van der Waals surface area contributed by atoms with Crippen LogP contribution in [0.2, 0.25) is 0 Å². The third-order valence-corrected chi connectivity index (χ3v) is 12.9. The van der Waals surface area contributed by atoms with Crippen LogP contribution in [0.1, 0.15) is 60.5 Å². The van der Waals surface area contributed by atoms with Crippen molar-refractivity contribution in [1.29, 1.82) is 0 Å². The minimum Gasteiger partial charge on any atom is -0.457 e. The van der Waals surface area contributed by atoms with Crippen molar-refractivity contribution < 1.29 is 19.1 Å². The molecule has 1 unspecified atom stereocenters. The fraction of sp³-hybridized carbons (Fsp3) is 0.381. The summed E-state index contributed by atoms with van der Waals surface area (Å²) in [7, 11) is 0. The van der Waals surface area contributed by atoms with Crippen molar-refractivity contribution >= 4 is 46.3 Å². The number of thioether (sulfide) groups is 1. The van der Waals surface area contributed by atoms with Gasteiger partial charge in [-0.05, 0) is 105 Å². The number of aromatic nitrogens is 4. The number of likely N-dealkylation sites (tertiary alicyclic amines) is 2. The maximum atomic E-state index is 13.1. The van der Waals surface area contributed by atoms with E-state index in [1.54, 1.807) is 4.90 Å². The van der Waals surface area contributed by atoms with Gasteiger partial charge in [-0.1, -0.05) is 18.2 Å². The fourth-order valence-electron chi connectivity index (χ4n) is 8.50. The SMILES string of the molecule is Nc1ncnc2c1c(-c1ccc(Oc3ccccc3)cc1)nn2C1CCN(CCN2CCC(Sc3ccc4c(c3)CN(C3CCC(=O)NC3=O)C4=O)CC2)CC1. The number of hydrogen-bond acceptors (Lipinski definition) is 11. The number of benzene rings is 3. The minimum atomic E-state index is -0.587. The number of hydrogen-bond donors (Lipinski definition) is 2. The average Bonchev–Trinajstić information content (AvgIpc) is 3.77. The number of carbonyl (C=O) groups is 3. The van der Waals surface area contributed by atoms with Gasteiger partial charge < -0.3 is 25.2 Å². The molecule has 3 N–H and O–H groups in total. The number of nitrogens with one attached hydrogen (secondary N) is 1. The van der Waals surface area contributed by atoms with E-state index in [0.717, 1.165) is 104 Å². The lowest BCUT2D eigenvalue weighted by atomic mass is 10.0. The Hall–Kier alpha value is -5.31. The van der Waals surface area contributed by atoms with Crippen molar-refractivity contribution in [3.05, 3.63) is 90.3 Å². The summed E-state index contributed by atoms with van der Waals surface area (Å²) in [6, 6.07) is 23.4. The molecule has 0 saturated carbocycles. The van der Waals surface area contributed by atoms with E-state index in [1.165, 1.54) is 11.2 Å². The van der Waals surface area contributed by atoms with Crippen LogP contribution in [0.25, 0.3) is 22.3 Å². The van der Waals surface area contributed by atoms with Gasteiger partial charge in [0.2, 0.25) is 11.8 Å². The van der Waals surface area contributed by atoms with Gasteiger partial charge in [-0.3, -0.25) is 19.7 Å². The number of anilines is 1. The number of nitrogens with zero attached hydrogens (tertiary/aromatic N) is 7. The van der Waals surface area contributed by atoms with Crippen molar-refractivity contribution in [2.75, 3.05) is 45.0 Å². The van der Waals surface area contributed by atoms with Crippen LogP contribution < -0.4 is 15.8 Å². The average molecular weight is 772 g/mol. The van der Waals surface area contributed by atoms with Crippen LogP contribution in [-0.2, 0) is 16.1 Å². The number of imide groups is 1. The molecule has 0 aliphatic carbocycles. The van der Waals surface area contributed by atoms with E-state index in [1.807, 2.05) is 78.5 Å². The van der Waals surface area contributed by atoms with E-state index in [9.17, 15) is 14.4 Å². The fourth-order valence-corrected chi connectivity index (χ4v) is 9.68. The molecule has 3 saturated heterocycles. The normalized spacial score (nSPS) is 20.1. The quantitative estimate of drug-likeness (QED) is 0.173. The zero-order valence-electron chi connectivity index (χ0n) is 31.2. The molecule has 3 fully saturated rings. The number of piperidine rings is 3. The molecule has 3 amide bonds. The molecule has 5 aromatic rings. The van der Waals surface area contributed by atoms with E-state index in [0.29, 0.717) is 29.6 Å². The number of fused-ring (bicyclic) bond motifs is 2. The minimum absolute atomic E-state index is 0.125. The highest BCUT2D eigenvalue weighted by Gasteiger charge is 2.39. The molecule has 9 rings (SSSR count).